The summed E-state index contributed by atoms with van der Waals surface area (Å²) in [5, 5.41) is 8.75. The first-order valence-electron chi connectivity index (χ1n) is 7.34. The molecule has 0 amide bonds. The number of nitrogens with zero attached hydrogens (tertiary/aromatic N) is 3. The summed E-state index contributed by atoms with van der Waals surface area (Å²) in [7, 11) is 3.62. The molecule has 2 heterocycles. The van der Waals surface area contributed by atoms with E-state index in [1.807, 2.05) is 30.8 Å². The van der Waals surface area contributed by atoms with Gasteiger partial charge in [-0.15, -0.1) is 0 Å². The Balaban J connectivity index is 1.52. The van der Waals surface area contributed by atoms with Crippen molar-refractivity contribution in [3.05, 3.63) is 35.5 Å². The average molecular weight is 316 g/mol. The molecule has 0 aliphatic rings. The van der Waals surface area contributed by atoms with Crippen molar-refractivity contribution in [3.63, 3.8) is 0 Å². The van der Waals surface area contributed by atoms with Gasteiger partial charge in [0, 0.05) is 13.6 Å². The molecule has 0 radical (unpaired) electrons. The molecule has 0 aliphatic heterocycles. The Labute approximate surface area is 133 Å². The van der Waals surface area contributed by atoms with E-state index in [4.69, 9.17) is 4.74 Å². The lowest BCUT2D eigenvalue weighted by Crippen LogP contribution is -2.03. The zero-order valence-corrected chi connectivity index (χ0v) is 13.9. The lowest BCUT2D eigenvalue weighted by molar-refractivity contribution is 0.414. The smallest absolute Gasteiger partial charge is 0.185 e. The van der Waals surface area contributed by atoms with Gasteiger partial charge in [0.25, 0.3) is 0 Å². The minimum Gasteiger partial charge on any atom is -0.497 e. The van der Waals surface area contributed by atoms with Crippen LogP contribution >= 0.6 is 11.3 Å². The standard InChI is InChI=1S/C16H20N4OS/c1-11-14-15(20(2)19-11)18-16(22-14)17-10-4-5-12-6-8-13(21-3)9-7-12/h6-9H,4-5,10H2,1-3H3,(H,17,18). The summed E-state index contributed by atoms with van der Waals surface area (Å²) in [5.41, 5.74) is 3.33. The van der Waals surface area contributed by atoms with Crippen molar-refractivity contribution in [1.82, 2.24) is 14.8 Å². The second kappa shape index (κ2) is 6.36. The molecule has 1 aromatic carbocycles. The molecule has 0 atom stereocenters. The van der Waals surface area contributed by atoms with Gasteiger partial charge in [-0.05, 0) is 37.5 Å². The normalized spacial score (nSPS) is 11.0. The molecule has 0 bridgehead atoms. The number of aromatic nitrogens is 3. The van der Waals surface area contributed by atoms with Gasteiger partial charge in [0.1, 0.15) is 5.75 Å². The summed E-state index contributed by atoms with van der Waals surface area (Å²) < 4.78 is 8.17. The number of rotatable bonds is 6. The van der Waals surface area contributed by atoms with Gasteiger partial charge >= 0.3 is 0 Å². The molecule has 0 fully saturated rings. The van der Waals surface area contributed by atoms with E-state index in [9.17, 15) is 0 Å². The summed E-state index contributed by atoms with van der Waals surface area (Å²) in [5.74, 6) is 0.903. The maximum absolute atomic E-state index is 5.17. The van der Waals surface area contributed by atoms with E-state index in [0.29, 0.717) is 0 Å². The topological polar surface area (TPSA) is 52.0 Å². The van der Waals surface area contributed by atoms with Crippen molar-refractivity contribution in [2.45, 2.75) is 19.8 Å². The van der Waals surface area contributed by atoms with Gasteiger partial charge in [0.05, 0.1) is 17.5 Å². The van der Waals surface area contributed by atoms with Crippen molar-refractivity contribution in [1.29, 1.82) is 0 Å². The molecule has 0 aliphatic carbocycles. The molecule has 0 unspecified atom stereocenters. The molecule has 3 rings (SSSR count). The van der Waals surface area contributed by atoms with Gasteiger partial charge < -0.3 is 10.1 Å². The maximum atomic E-state index is 5.17. The van der Waals surface area contributed by atoms with E-state index in [2.05, 4.69) is 27.5 Å². The van der Waals surface area contributed by atoms with Crippen molar-refractivity contribution >= 4 is 26.8 Å². The number of nitrogens with one attached hydrogen (secondary N) is 1. The third kappa shape index (κ3) is 3.06. The quantitative estimate of drug-likeness (QED) is 0.708. The molecule has 0 saturated carbocycles. The summed E-state index contributed by atoms with van der Waals surface area (Å²) in [6, 6.07) is 8.25. The number of anilines is 1. The predicted octanol–water partition coefficient (Wildman–Crippen LogP) is 3.39. The third-order valence-corrected chi connectivity index (χ3v) is 4.73. The third-order valence-electron chi connectivity index (χ3n) is 3.62. The van der Waals surface area contributed by atoms with Crippen molar-refractivity contribution < 1.29 is 4.74 Å². The fourth-order valence-electron chi connectivity index (χ4n) is 2.44. The second-order valence-corrected chi connectivity index (χ2v) is 6.26. The van der Waals surface area contributed by atoms with Crippen LogP contribution in [0.15, 0.2) is 24.3 Å². The van der Waals surface area contributed by atoms with Crippen LogP contribution in [0.1, 0.15) is 17.7 Å². The largest absolute Gasteiger partial charge is 0.497 e. The van der Waals surface area contributed by atoms with E-state index < -0.39 is 0 Å². The summed E-state index contributed by atoms with van der Waals surface area (Å²) in [6.45, 7) is 2.94. The number of ether oxygens (including phenoxy) is 1. The van der Waals surface area contributed by atoms with Crippen LogP contribution in [0.3, 0.4) is 0 Å². The zero-order valence-electron chi connectivity index (χ0n) is 13.1. The Bertz CT molecular complexity index is 726. The van der Waals surface area contributed by atoms with Gasteiger partial charge in [-0.1, -0.05) is 23.5 Å². The van der Waals surface area contributed by atoms with Crippen molar-refractivity contribution in [3.8, 4) is 5.75 Å². The maximum Gasteiger partial charge on any atom is 0.185 e. The van der Waals surface area contributed by atoms with Crippen LogP contribution < -0.4 is 10.1 Å². The molecule has 3 aromatic rings. The Morgan fingerprint density at radius 1 is 1.27 bits per heavy atom. The Morgan fingerprint density at radius 3 is 2.73 bits per heavy atom. The molecule has 116 valence electrons. The summed E-state index contributed by atoms with van der Waals surface area (Å²) in [4.78, 5) is 4.59. The fourth-order valence-corrected chi connectivity index (χ4v) is 3.40. The van der Waals surface area contributed by atoms with Gasteiger partial charge in [0.15, 0.2) is 10.8 Å². The molecule has 0 saturated heterocycles. The Kier molecular flexibility index (Phi) is 4.29. The van der Waals surface area contributed by atoms with Crippen LogP contribution in [0.2, 0.25) is 0 Å². The summed E-state index contributed by atoms with van der Waals surface area (Å²) >= 11 is 1.67. The lowest BCUT2D eigenvalue weighted by atomic mass is 10.1. The van der Waals surface area contributed by atoms with E-state index in [-0.39, 0.29) is 0 Å². The first kappa shape index (κ1) is 14.8. The van der Waals surface area contributed by atoms with Crippen LogP contribution in [-0.2, 0) is 13.5 Å². The lowest BCUT2D eigenvalue weighted by Gasteiger charge is -2.04. The molecule has 22 heavy (non-hydrogen) atoms. The van der Waals surface area contributed by atoms with Crippen molar-refractivity contribution in [2.75, 3.05) is 19.0 Å². The second-order valence-electron chi connectivity index (χ2n) is 5.26. The number of thiazole rings is 1. The highest BCUT2D eigenvalue weighted by Crippen LogP contribution is 2.27. The summed E-state index contributed by atoms with van der Waals surface area (Å²) in [6.07, 6.45) is 2.11. The van der Waals surface area contributed by atoms with Crippen LogP contribution in [-0.4, -0.2) is 28.4 Å². The first-order valence-corrected chi connectivity index (χ1v) is 8.16. The van der Waals surface area contributed by atoms with Gasteiger partial charge in [0.2, 0.25) is 0 Å². The van der Waals surface area contributed by atoms with Crippen LogP contribution in [0.5, 0.6) is 5.75 Å². The number of methoxy groups -OCH3 is 1. The van der Waals surface area contributed by atoms with Gasteiger partial charge in [-0.3, -0.25) is 0 Å². The van der Waals surface area contributed by atoms with Gasteiger partial charge in [-0.25, -0.2) is 9.67 Å². The molecular weight excluding hydrogens is 296 g/mol. The number of aryl methyl sites for hydroxylation is 3. The number of fused-ring (bicyclic) bond motifs is 1. The van der Waals surface area contributed by atoms with Crippen molar-refractivity contribution in [2.24, 2.45) is 7.05 Å². The van der Waals surface area contributed by atoms with Crippen LogP contribution in [0.4, 0.5) is 5.13 Å². The van der Waals surface area contributed by atoms with E-state index >= 15 is 0 Å². The van der Waals surface area contributed by atoms with Crippen LogP contribution in [0.25, 0.3) is 10.3 Å². The van der Waals surface area contributed by atoms with E-state index in [0.717, 1.165) is 41.6 Å². The number of hydrogen-bond donors (Lipinski definition) is 1. The molecule has 6 heteroatoms. The molecule has 0 spiro atoms. The number of benzene rings is 1. The minimum absolute atomic E-state index is 0.903. The predicted molar refractivity (Wildman–Crippen MR) is 90.9 cm³/mol. The van der Waals surface area contributed by atoms with E-state index in [1.165, 1.54) is 10.3 Å². The first-order chi connectivity index (χ1) is 10.7. The molecule has 5 nitrogen and oxygen atoms in total. The fraction of sp³-hybridized carbons (Fsp3) is 0.375. The number of hydrogen-bond acceptors (Lipinski definition) is 5. The highest BCUT2D eigenvalue weighted by molar-refractivity contribution is 7.22. The highest BCUT2D eigenvalue weighted by Gasteiger charge is 2.11. The monoisotopic (exact) mass is 316 g/mol. The molecule has 1 N–H and O–H groups in total. The average Bonchev–Trinajstić information content (AvgIpc) is 3.06. The Morgan fingerprint density at radius 2 is 2.05 bits per heavy atom. The SMILES string of the molecule is COc1ccc(CCCNc2nc3c(s2)c(C)nn3C)cc1. The van der Waals surface area contributed by atoms with E-state index in [1.54, 1.807) is 18.4 Å². The zero-order chi connectivity index (χ0) is 15.5. The van der Waals surface area contributed by atoms with Gasteiger partial charge in [-0.2, -0.15) is 5.10 Å². The minimum atomic E-state index is 0.903. The molecule has 2 aromatic heterocycles. The van der Waals surface area contributed by atoms with Crippen LogP contribution in [0, 0.1) is 6.92 Å². The molecular formula is C16H20N4OS. The Hall–Kier alpha value is -2.08. The highest BCUT2D eigenvalue weighted by atomic mass is 32.1.